The number of carbonyl (C=O) groups excluding carboxylic acids is 1. The van der Waals surface area contributed by atoms with E-state index >= 15 is 0 Å². The second-order valence-electron chi connectivity index (χ2n) is 14.4. The first-order valence-corrected chi connectivity index (χ1v) is 20.4. The third-order valence-electron chi connectivity index (χ3n) is 9.86. The van der Waals surface area contributed by atoms with Crippen molar-refractivity contribution in [1.29, 1.82) is 0 Å². The van der Waals surface area contributed by atoms with Gasteiger partial charge >= 0.3 is 0 Å². The first-order valence-electron chi connectivity index (χ1n) is 20.4. The maximum Gasteiger partial charge on any atom is 0.220 e. The first-order chi connectivity index (χ1) is 23.8. The van der Waals surface area contributed by atoms with E-state index in [1.165, 1.54) is 122 Å². The molecule has 0 saturated carbocycles. The molecule has 0 unspecified atom stereocenters. The number of ether oxygens (including phenoxy) is 2. The van der Waals surface area contributed by atoms with Crippen LogP contribution in [-0.4, -0.2) is 87.5 Å². The van der Waals surface area contributed by atoms with Crippen LogP contribution in [0.1, 0.15) is 181 Å². The van der Waals surface area contributed by atoms with Gasteiger partial charge in [-0.05, 0) is 19.3 Å². The lowest BCUT2D eigenvalue weighted by molar-refractivity contribution is -0.302. The lowest BCUT2D eigenvalue weighted by Gasteiger charge is -2.40. The number of unbranched alkanes of at least 4 members (excludes halogenated alkanes) is 23. The number of hydrogen-bond acceptors (Lipinski definition) is 8. The van der Waals surface area contributed by atoms with Gasteiger partial charge in [0.25, 0.3) is 0 Å². The Kier molecular flexibility index (Phi) is 29.7. The fraction of sp³-hybridized carbons (Fsp3) is 0.925. The van der Waals surface area contributed by atoms with Gasteiger partial charge in [0, 0.05) is 6.42 Å². The SMILES string of the molecule is CCCCCCCCCCCCC/C=C/[C@@H](O)[C@H](CO[C@@H]1O[C@H](CO)[C@@H](O)[C@H](O)[C@H]1O)NC(=O)CCCCCCCCCCCCCCC. The van der Waals surface area contributed by atoms with Crippen molar-refractivity contribution in [3.8, 4) is 0 Å². The highest BCUT2D eigenvalue weighted by atomic mass is 16.7. The van der Waals surface area contributed by atoms with E-state index in [4.69, 9.17) is 9.47 Å². The molecule has 9 nitrogen and oxygen atoms in total. The van der Waals surface area contributed by atoms with Gasteiger partial charge in [-0.15, -0.1) is 0 Å². The van der Waals surface area contributed by atoms with Gasteiger partial charge in [0.05, 0.1) is 25.4 Å². The summed E-state index contributed by atoms with van der Waals surface area (Å²) in [4.78, 5) is 12.9. The summed E-state index contributed by atoms with van der Waals surface area (Å²) in [6.45, 7) is 3.75. The Morgan fingerprint density at radius 1 is 0.673 bits per heavy atom. The van der Waals surface area contributed by atoms with E-state index in [9.17, 15) is 30.3 Å². The van der Waals surface area contributed by atoms with Crippen molar-refractivity contribution in [2.75, 3.05) is 13.2 Å². The molecule has 1 aliphatic heterocycles. The molecular formula is C40H77NO8. The quantitative estimate of drug-likeness (QED) is 0.0307. The molecule has 7 atom stereocenters. The van der Waals surface area contributed by atoms with Gasteiger partial charge < -0.3 is 40.3 Å². The van der Waals surface area contributed by atoms with Gasteiger partial charge in [0.1, 0.15) is 24.4 Å². The number of aliphatic hydroxyl groups is 5. The predicted molar refractivity (Wildman–Crippen MR) is 198 cm³/mol. The molecule has 1 amide bonds. The highest BCUT2D eigenvalue weighted by Gasteiger charge is 2.44. The molecule has 1 heterocycles. The third kappa shape index (κ3) is 23.2. The van der Waals surface area contributed by atoms with E-state index in [0.29, 0.717) is 6.42 Å². The first kappa shape index (κ1) is 46.0. The summed E-state index contributed by atoms with van der Waals surface area (Å²) in [6.07, 6.45) is 26.7. The van der Waals surface area contributed by atoms with Crippen LogP contribution >= 0.6 is 0 Å². The van der Waals surface area contributed by atoms with Crippen LogP contribution < -0.4 is 5.32 Å². The molecule has 1 fully saturated rings. The Morgan fingerprint density at radius 2 is 1.12 bits per heavy atom. The molecule has 0 spiro atoms. The summed E-state index contributed by atoms with van der Waals surface area (Å²) in [5.74, 6) is -0.178. The van der Waals surface area contributed by atoms with E-state index in [1.54, 1.807) is 6.08 Å². The molecule has 6 N–H and O–H groups in total. The largest absolute Gasteiger partial charge is 0.394 e. The molecule has 0 aromatic rings. The Labute approximate surface area is 299 Å². The zero-order valence-corrected chi connectivity index (χ0v) is 31.5. The van der Waals surface area contributed by atoms with E-state index in [0.717, 1.165) is 38.5 Å². The molecule has 0 aromatic heterocycles. The summed E-state index contributed by atoms with van der Waals surface area (Å²) < 4.78 is 11.2. The van der Waals surface area contributed by atoms with Gasteiger partial charge in [-0.2, -0.15) is 0 Å². The van der Waals surface area contributed by atoms with Crippen molar-refractivity contribution in [2.24, 2.45) is 0 Å². The van der Waals surface area contributed by atoms with E-state index < -0.39 is 49.5 Å². The molecular weight excluding hydrogens is 622 g/mol. The second-order valence-corrected chi connectivity index (χ2v) is 14.4. The van der Waals surface area contributed by atoms with Crippen LogP contribution in [0, 0.1) is 0 Å². The van der Waals surface area contributed by atoms with Crippen LogP contribution in [0.15, 0.2) is 12.2 Å². The number of hydrogen-bond donors (Lipinski definition) is 6. The fourth-order valence-corrected chi connectivity index (χ4v) is 6.51. The monoisotopic (exact) mass is 700 g/mol. The summed E-state index contributed by atoms with van der Waals surface area (Å²) in [5.41, 5.74) is 0. The molecule has 1 saturated heterocycles. The van der Waals surface area contributed by atoms with Gasteiger partial charge in [0.15, 0.2) is 6.29 Å². The standard InChI is InChI=1S/C40H77NO8/c1-3-5-7-9-11-13-15-17-19-21-23-25-27-29-34(43)33(32-48-40-39(47)38(46)37(45)35(31-42)49-40)41-36(44)30-28-26-24-22-20-18-16-14-12-10-8-6-4-2/h27,29,33-35,37-40,42-43,45-47H,3-26,28,30-32H2,1-2H3,(H,41,44)/b29-27+/t33-,34+,35+,37+,38-,39+,40+/m0/s1. The maximum atomic E-state index is 12.9. The molecule has 0 radical (unpaired) electrons. The van der Waals surface area contributed by atoms with Crippen molar-refractivity contribution in [1.82, 2.24) is 5.32 Å². The molecule has 49 heavy (non-hydrogen) atoms. The Hall–Kier alpha value is -1.07. The zero-order chi connectivity index (χ0) is 36.0. The molecule has 0 aromatic carbocycles. The van der Waals surface area contributed by atoms with E-state index in [-0.39, 0.29) is 12.5 Å². The summed E-state index contributed by atoms with van der Waals surface area (Å²) in [5, 5.41) is 53.9. The summed E-state index contributed by atoms with van der Waals surface area (Å²) in [7, 11) is 0. The average molecular weight is 700 g/mol. The minimum Gasteiger partial charge on any atom is -0.394 e. The van der Waals surface area contributed by atoms with Gasteiger partial charge in [0.2, 0.25) is 5.91 Å². The lowest BCUT2D eigenvalue weighted by Crippen LogP contribution is -2.60. The second kappa shape index (κ2) is 31.6. The smallest absolute Gasteiger partial charge is 0.220 e. The maximum absolute atomic E-state index is 12.9. The summed E-state index contributed by atoms with van der Waals surface area (Å²) in [6, 6.07) is -0.796. The van der Waals surface area contributed by atoms with Crippen LogP contribution in [-0.2, 0) is 14.3 Å². The van der Waals surface area contributed by atoms with E-state index in [1.807, 2.05) is 6.08 Å². The lowest BCUT2D eigenvalue weighted by atomic mass is 9.99. The third-order valence-corrected chi connectivity index (χ3v) is 9.86. The van der Waals surface area contributed by atoms with Crippen LogP contribution in [0.4, 0.5) is 0 Å². The minimum absolute atomic E-state index is 0.178. The minimum atomic E-state index is -1.56. The summed E-state index contributed by atoms with van der Waals surface area (Å²) >= 11 is 0. The van der Waals surface area contributed by atoms with Crippen LogP contribution in [0.5, 0.6) is 0 Å². The van der Waals surface area contributed by atoms with E-state index in [2.05, 4.69) is 19.2 Å². The number of amides is 1. The average Bonchev–Trinajstić information content (AvgIpc) is 3.10. The highest BCUT2D eigenvalue weighted by Crippen LogP contribution is 2.22. The number of rotatable bonds is 33. The Balaban J connectivity index is 2.43. The van der Waals surface area contributed by atoms with Gasteiger partial charge in [-0.25, -0.2) is 0 Å². The number of aliphatic hydroxyl groups excluding tert-OH is 5. The zero-order valence-electron chi connectivity index (χ0n) is 31.5. The molecule has 0 bridgehead atoms. The molecule has 1 rings (SSSR count). The van der Waals surface area contributed by atoms with Crippen molar-refractivity contribution < 1.29 is 39.8 Å². The predicted octanol–water partition coefficient (Wildman–Crippen LogP) is 7.39. The fourth-order valence-electron chi connectivity index (χ4n) is 6.51. The van der Waals surface area contributed by atoms with Crippen LogP contribution in [0.25, 0.3) is 0 Å². The van der Waals surface area contributed by atoms with Gasteiger partial charge in [-0.3, -0.25) is 4.79 Å². The Morgan fingerprint density at radius 3 is 1.59 bits per heavy atom. The number of allylic oxidation sites excluding steroid dienone is 1. The molecule has 0 aliphatic carbocycles. The van der Waals surface area contributed by atoms with Gasteiger partial charge in [-0.1, -0.05) is 167 Å². The topological polar surface area (TPSA) is 149 Å². The van der Waals surface area contributed by atoms with Crippen molar-refractivity contribution >= 4 is 5.91 Å². The molecule has 1 aliphatic rings. The Bertz CT molecular complexity index is 781. The molecule has 290 valence electrons. The van der Waals surface area contributed by atoms with Crippen molar-refractivity contribution in [2.45, 2.75) is 224 Å². The number of carbonyl (C=O) groups is 1. The highest BCUT2D eigenvalue weighted by molar-refractivity contribution is 5.76. The molecule has 9 heteroatoms. The number of nitrogens with one attached hydrogen (secondary N) is 1. The van der Waals surface area contributed by atoms with Crippen LogP contribution in [0.2, 0.25) is 0 Å². The van der Waals surface area contributed by atoms with Crippen LogP contribution in [0.3, 0.4) is 0 Å². The van der Waals surface area contributed by atoms with Crippen molar-refractivity contribution in [3.63, 3.8) is 0 Å². The van der Waals surface area contributed by atoms with Crippen molar-refractivity contribution in [3.05, 3.63) is 12.2 Å². The normalized spacial score (nSPS) is 22.5.